The van der Waals surface area contributed by atoms with Crippen LogP contribution in [0.2, 0.25) is 10.0 Å². The van der Waals surface area contributed by atoms with Gasteiger partial charge in [-0.3, -0.25) is 0 Å². The maximum atomic E-state index is 6.51. The normalized spacial score (nSPS) is 10.7. The third kappa shape index (κ3) is 3.27. The van der Waals surface area contributed by atoms with Crippen LogP contribution in [-0.2, 0) is 0 Å². The molecule has 0 aliphatic carbocycles. The van der Waals surface area contributed by atoms with Gasteiger partial charge in [0, 0.05) is 18.8 Å². The highest BCUT2D eigenvalue weighted by Gasteiger charge is 2.15. The summed E-state index contributed by atoms with van der Waals surface area (Å²) in [6.45, 7) is 3.73. The fraction of sp³-hybridized carbons (Fsp3) is 0.200. The number of rotatable bonds is 4. The summed E-state index contributed by atoms with van der Waals surface area (Å²) in [6, 6.07) is 5.35. The van der Waals surface area contributed by atoms with Crippen molar-refractivity contribution in [1.82, 2.24) is 25.0 Å². The van der Waals surface area contributed by atoms with E-state index in [0.717, 1.165) is 11.4 Å². The Morgan fingerprint density at radius 3 is 2.54 bits per heavy atom. The van der Waals surface area contributed by atoms with Gasteiger partial charge < -0.3 is 10.6 Å². The van der Waals surface area contributed by atoms with Crippen LogP contribution >= 0.6 is 23.2 Å². The van der Waals surface area contributed by atoms with E-state index in [9.17, 15) is 0 Å². The van der Waals surface area contributed by atoms with Gasteiger partial charge in [0.1, 0.15) is 11.5 Å². The molecule has 2 aromatic heterocycles. The quantitative estimate of drug-likeness (QED) is 0.734. The highest BCUT2D eigenvalue weighted by atomic mass is 35.5. The molecule has 1 aromatic carbocycles. The van der Waals surface area contributed by atoms with Crippen molar-refractivity contribution >= 4 is 40.7 Å². The summed E-state index contributed by atoms with van der Waals surface area (Å²) < 4.78 is 1.54. The Morgan fingerprint density at radius 1 is 1.08 bits per heavy atom. The second kappa shape index (κ2) is 6.62. The van der Waals surface area contributed by atoms with Crippen LogP contribution < -0.4 is 10.6 Å². The summed E-state index contributed by atoms with van der Waals surface area (Å²) >= 11 is 12.8. The molecule has 0 unspecified atom stereocenters. The molecule has 2 heterocycles. The van der Waals surface area contributed by atoms with Crippen molar-refractivity contribution < 1.29 is 0 Å². The predicted octanol–water partition coefficient (Wildman–Crippen LogP) is 3.77. The largest absolute Gasteiger partial charge is 0.373 e. The number of benzene rings is 1. The van der Waals surface area contributed by atoms with Gasteiger partial charge in [-0.05, 0) is 26.0 Å². The van der Waals surface area contributed by atoms with E-state index in [0.29, 0.717) is 33.2 Å². The van der Waals surface area contributed by atoms with Gasteiger partial charge >= 0.3 is 0 Å². The molecule has 0 bridgehead atoms. The van der Waals surface area contributed by atoms with Crippen molar-refractivity contribution in [2.45, 2.75) is 13.8 Å². The van der Waals surface area contributed by atoms with E-state index in [1.807, 2.05) is 19.9 Å². The molecule has 3 rings (SSSR count). The van der Waals surface area contributed by atoms with E-state index in [1.54, 1.807) is 30.1 Å². The average molecular weight is 364 g/mol. The second-order valence-corrected chi connectivity index (χ2v) is 5.94. The van der Waals surface area contributed by atoms with Crippen LogP contribution in [-0.4, -0.2) is 32.0 Å². The molecule has 0 saturated heterocycles. The van der Waals surface area contributed by atoms with Crippen LogP contribution in [0.5, 0.6) is 0 Å². The van der Waals surface area contributed by atoms with Gasteiger partial charge in [-0.1, -0.05) is 28.4 Å². The minimum absolute atomic E-state index is 0.406. The van der Waals surface area contributed by atoms with E-state index in [2.05, 4.69) is 30.9 Å². The molecule has 0 radical (unpaired) electrons. The number of nitrogens with zero attached hydrogens (tertiary/aromatic N) is 5. The number of aromatic nitrogens is 5. The zero-order valence-corrected chi connectivity index (χ0v) is 14.8. The minimum Gasteiger partial charge on any atom is -0.373 e. The van der Waals surface area contributed by atoms with Crippen LogP contribution in [0.4, 0.5) is 17.5 Å². The number of hydrogen-bond donors (Lipinski definition) is 2. The summed E-state index contributed by atoms with van der Waals surface area (Å²) in [5.41, 5.74) is 2.76. The zero-order valence-electron chi connectivity index (χ0n) is 13.3. The molecular formula is C15H15Cl2N7. The van der Waals surface area contributed by atoms with Crippen LogP contribution in [0, 0.1) is 13.8 Å². The maximum absolute atomic E-state index is 6.51. The molecule has 0 spiro atoms. The van der Waals surface area contributed by atoms with E-state index in [4.69, 9.17) is 23.2 Å². The lowest BCUT2D eigenvalue weighted by molar-refractivity contribution is 0.801. The van der Waals surface area contributed by atoms with Crippen LogP contribution in [0.3, 0.4) is 0 Å². The summed E-state index contributed by atoms with van der Waals surface area (Å²) in [7, 11) is 1.80. The first kappa shape index (κ1) is 16.5. The van der Waals surface area contributed by atoms with Gasteiger partial charge in [-0.2, -0.15) is 4.98 Å². The number of hydrogen-bond acceptors (Lipinski definition) is 6. The van der Waals surface area contributed by atoms with Crippen molar-refractivity contribution in [3.63, 3.8) is 0 Å². The van der Waals surface area contributed by atoms with Crippen LogP contribution in [0.1, 0.15) is 11.4 Å². The monoisotopic (exact) mass is 363 g/mol. The number of aryl methyl sites for hydroxylation is 2. The van der Waals surface area contributed by atoms with Gasteiger partial charge in [0.25, 0.3) is 0 Å². The van der Waals surface area contributed by atoms with Crippen molar-refractivity contribution in [1.29, 1.82) is 0 Å². The Morgan fingerprint density at radius 2 is 1.88 bits per heavy atom. The molecule has 3 aromatic rings. The van der Waals surface area contributed by atoms with Crippen molar-refractivity contribution in [3.8, 4) is 5.69 Å². The zero-order chi connectivity index (χ0) is 17.3. The summed E-state index contributed by atoms with van der Waals surface area (Å²) in [4.78, 5) is 8.72. The Labute approximate surface area is 149 Å². The van der Waals surface area contributed by atoms with Gasteiger partial charge in [0.05, 0.1) is 27.6 Å². The molecule has 9 heteroatoms. The number of nitrogens with one attached hydrogen (secondary N) is 2. The van der Waals surface area contributed by atoms with Gasteiger partial charge in [-0.25, -0.2) is 9.67 Å². The fourth-order valence-electron chi connectivity index (χ4n) is 2.18. The maximum Gasteiger partial charge on any atom is 0.229 e. The molecule has 0 aliphatic heterocycles. The Balaban J connectivity index is 2.02. The van der Waals surface area contributed by atoms with Crippen molar-refractivity contribution in [2.24, 2.45) is 0 Å². The topological polar surface area (TPSA) is 80.5 Å². The minimum atomic E-state index is 0.406. The molecule has 0 atom stereocenters. The molecule has 0 aliphatic rings. The van der Waals surface area contributed by atoms with E-state index in [-0.39, 0.29) is 0 Å². The molecule has 0 amide bonds. The molecule has 0 fully saturated rings. The standard InChI is InChI=1S/C15H15Cl2N7/c1-8-6-12(18-3)21-15(19-8)20-11-5-4-10(16)14(13(11)17)24-7-9(2)22-23-24/h4-7H,1-3H3,(H2,18,19,20,21). The molecular weight excluding hydrogens is 349 g/mol. The summed E-state index contributed by atoms with van der Waals surface area (Å²) in [5, 5.41) is 15.0. The lowest BCUT2D eigenvalue weighted by Gasteiger charge is -2.13. The molecule has 124 valence electrons. The predicted molar refractivity (Wildman–Crippen MR) is 95.7 cm³/mol. The van der Waals surface area contributed by atoms with E-state index < -0.39 is 0 Å². The SMILES string of the molecule is CNc1cc(C)nc(Nc2ccc(Cl)c(-n3cc(C)nn3)c2Cl)n1. The Bertz CT molecular complexity index is 892. The summed E-state index contributed by atoms with van der Waals surface area (Å²) in [6.07, 6.45) is 1.75. The first-order valence-corrected chi connectivity index (χ1v) is 7.91. The van der Waals surface area contributed by atoms with E-state index >= 15 is 0 Å². The van der Waals surface area contributed by atoms with Crippen molar-refractivity contribution in [2.75, 3.05) is 17.7 Å². The van der Waals surface area contributed by atoms with Gasteiger partial charge in [0.2, 0.25) is 5.95 Å². The number of anilines is 3. The van der Waals surface area contributed by atoms with Crippen molar-refractivity contribution in [3.05, 3.63) is 45.8 Å². The lowest BCUT2D eigenvalue weighted by atomic mass is 10.2. The third-order valence-electron chi connectivity index (χ3n) is 3.26. The molecule has 2 N–H and O–H groups in total. The Kier molecular flexibility index (Phi) is 4.55. The van der Waals surface area contributed by atoms with Crippen LogP contribution in [0.25, 0.3) is 5.69 Å². The molecule has 7 nitrogen and oxygen atoms in total. The lowest BCUT2D eigenvalue weighted by Crippen LogP contribution is -2.04. The summed E-state index contributed by atoms with van der Waals surface area (Å²) in [5.74, 6) is 1.14. The highest BCUT2D eigenvalue weighted by molar-refractivity contribution is 6.39. The smallest absolute Gasteiger partial charge is 0.229 e. The average Bonchev–Trinajstić information content (AvgIpc) is 2.96. The number of halogens is 2. The first-order valence-electron chi connectivity index (χ1n) is 7.15. The van der Waals surface area contributed by atoms with Gasteiger partial charge in [-0.15, -0.1) is 5.10 Å². The Hall–Kier alpha value is -2.38. The molecule has 24 heavy (non-hydrogen) atoms. The van der Waals surface area contributed by atoms with E-state index in [1.165, 1.54) is 0 Å². The highest BCUT2D eigenvalue weighted by Crippen LogP contribution is 2.35. The fourth-order valence-corrected chi connectivity index (χ4v) is 2.77. The molecule has 0 saturated carbocycles. The first-order chi connectivity index (χ1) is 11.5. The second-order valence-electron chi connectivity index (χ2n) is 5.16. The van der Waals surface area contributed by atoms with Crippen LogP contribution in [0.15, 0.2) is 24.4 Å². The third-order valence-corrected chi connectivity index (χ3v) is 3.95. The van der Waals surface area contributed by atoms with Gasteiger partial charge in [0.15, 0.2) is 0 Å².